The molecule has 0 heterocycles. The predicted molar refractivity (Wildman–Crippen MR) is 123 cm³/mol. The minimum absolute atomic E-state index is 0.461. The largest absolute Gasteiger partial charge is 0.362 e. The summed E-state index contributed by atoms with van der Waals surface area (Å²) < 4.78 is 6.27. The highest BCUT2D eigenvalue weighted by atomic mass is 31.0. The number of hydrogen-bond acceptors (Lipinski definition) is 1. The first-order valence-electron chi connectivity index (χ1n) is 12.6. The molecule has 0 bridgehead atoms. The molecule has 0 aliphatic heterocycles. The highest BCUT2D eigenvalue weighted by molar-refractivity contribution is 7.09. The van der Waals surface area contributed by atoms with E-state index in [2.05, 4.69) is 51.0 Å². The van der Waals surface area contributed by atoms with Crippen molar-refractivity contribution in [1.82, 2.24) is 0 Å². The Morgan fingerprint density at radius 1 is 1.00 bits per heavy atom. The summed E-state index contributed by atoms with van der Waals surface area (Å²) in [6, 6.07) is 0. The average Bonchev–Trinajstić information content (AvgIpc) is 2.99. The molecule has 0 radical (unpaired) electrons. The minimum atomic E-state index is 0.461. The predicted octanol–water partition coefficient (Wildman–Crippen LogP) is 7.89. The summed E-state index contributed by atoms with van der Waals surface area (Å²) in [6.45, 7) is 15.4. The van der Waals surface area contributed by atoms with Gasteiger partial charge in [0, 0.05) is 9.47 Å². The number of hydrogen-bond donors (Lipinski definition) is 0. The Hall–Kier alpha value is 0.390. The van der Waals surface area contributed by atoms with Crippen LogP contribution in [0.4, 0.5) is 0 Å². The SMILES string of the molecule is CCC[C@@H](C)[C@H]1CCC2[C@@H]3C(OP)C[C@]4(C)C[C@@H](C)CC[C@]4(C)C3CC[C@@]21C. The van der Waals surface area contributed by atoms with Crippen LogP contribution in [-0.4, -0.2) is 6.10 Å². The van der Waals surface area contributed by atoms with Gasteiger partial charge in [-0.15, -0.1) is 0 Å². The third-order valence-electron chi connectivity index (χ3n) is 11.2. The Morgan fingerprint density at radius 3 is 2.43 bits per heavy atom. The molecule has 0 saturated heterocycles. The van der Waals surface area contributed by atoms with Crippen molar-refractivity contribution in [1.29, 1.82) is 0 Å². The van der Waals surface area contributed by atoms with Crippen LogP contribution in [0.2, 0.25) is 0 Å². The summed E-state index contributed by atoms with van der Waals surface area (Å²) in [5.41, 5.74) is 1.55. The van der Waals surface area contributed by atoms with Gasteiger partial charge in [0.15, 0.2) is 0 Å². The van der Waals surface area contributed by atoms with E-state index in [0.29, 0.717) is 22.3 Å². The van der Waals surface area contributed by atoms with Crippen molar-refractivity contribution in [3.05, 3.63) is 0 Å². The van der Waals surface area contributed by atoms with Gasteiger partial charge in [-0.2, -0.15) is 0 Å². The molecule has 0 aromatic carbocycles. The van der Waals surface area contributed by atoms with E-state index in [1.165, 1.54) is 64.2 Å². The molecule has 1 nitrogen and oxygen atoms in total. The standard InChI is InChI=1S/C26H47OP/c1-7-8-18(3)19-9-10-20-23-21(12-13-25(19,20)5)26(6)14-11-17(2)15-24(26,4)16-22(23)27-28/h17-23H,7-16,28H2,1-6H3/t17-,18+,19+,20?,21?,22?,23-,24-,25+,26+/m0/s1. The highest BCUT2D eigenvalue weighted by Crippen LogP contribution is 2.72. The number of rotatable bonds is 4. The van der Waals surface area contributed by atoms with Gasteiger partial charge in [0.2, 0.25) is 0 Å². The molecule has 4 aliphatic carbocycles. The van der Waals surface area contributed by atoms with E-state index in [4.69, 9.17) is 4.52 Å². The summed E-state index contributed by atoms with van der Waals surface area (Å²) in [6.07, 6.45) is 14.7. The monoisotopic (exact) mass is 406 g/mol. The maximum absolute atomic E-state index is 6.27. The summed E-state index contributed by atoms with van der Waals surface area (Å²) >= 11 is 0. The second-order valence-corrected chi connectivity index (χ2v) is 12.8. The Kier molecular flexibility index (Phi) is 5.80. The summed E-state index contributed by atoms with van der Waals surface area (Å²) in [4.78, 5) is 0. The molecule has 4 aliphatic rings. The van der Waals surface area contributed by atoms with Crippen molar-refractivity contribution >= 4 is 9.47 Å². The Labute approximate surface area is 177 Å². The van der Waals surface area contributed by atoms with Crippen LogP contribution < -0.4 is 0 Å². The zero-order chi connectivity index (χ0) is 20.3. The molecule has 4 rings (SSSR count). The zero-order valence-electron chi connectivity index (χ0n) is 19.6. The van der Waals surface area contributed by atoms with Gasteiger partial charge in [-0.05, 0) is 96.7 Å². The Morgan fingerprint density at radius 2 is 1.75 bits per heavy atom. The van der Waals surface area contributed by atoms with Gasteiger partial charge in [-0.25, -0.2) is 0 Å². The first-order valence-corrected chi connectivity index (χ1v) is 13.0. The lowest BCUT2D eigenvalue weighted by Crippen LogP contribution is -2.62. The van der Waals surface area contributed by atoms with Crippen molar-refractivity contribution in [3.63, 3.8) is 0 Å². The Bertz CT molecular complexity index is 577. The fourth-order valence-electron chi connectivity index (χ4n) is 9.71. The second kappa shape index (κ2) is 7.51. The zero-order valence-corrected chi connectivity index (χ0v) is 20.8. The molecule has 11 atom stereocenters. The summed E-state index contributed by atoms with van der Waals surface area (Å²) in [7, 11) is 2.69. The lowest BCUT2D eigenvalue weighted by atomic mass is 9.39. The summed E-state index contributed by atoms with van der Waals surface area (Å²) in [5.74, 6) is 5.29. The van der Waals surface area contributed by atoms with Gasteiger partial charge in [0.25, 0.3) is 0 Å². The van der Waals surface area contributed by atoms with Crippen LogP contribution in [0.5, 0.6) is 0 Å². The van der Waals surface area contributed by atoms with E-state index in [1.54, 1.807) is 0 Å². The third kappa shape index (κ3) is 2.99. The van der Waals surface area contributed by atoms with Gasteiger partial charge in [-0.1, -0.05) is 60.8 Å². The molecule has 0 aromatic rings. The molecule has 0 spiro atoms. The third-order valence-corrected chi connectivity index (χ3v) is 11.6. The van der Waals surface area contributed by atoms with Crippen LogP contribution in [-0.2, 0) is 4.52 Å². The average molecular weight is 407 g/mol. The molecule has 4 unspecified atom stereocenters. The van der Waals surface area contributed by atoms with Crippen LogP contribution in [0.25, 0.3) is 0 Å². The highest BCUT2D eigenvalue weighted by Gasteiger charge is 2.65. The molecule has 4 fully saturated rings. The normalized spacial score (nSPS) is 54.5. The van der Waals surface area contributed by atoms with E-state index in [1.807, 2.05) is 0 Å². The van der Waals surface area contributed by atoms with Crippen molar-refractivity contribution in [2.24, 2.45) is 51.8 Å². The molecular weight excluding hydrogens is 359 g/mol. The van der Waals surface area contributed by atoms with E-state index < -0.39 is 0 Å². The van der Waals surface area contributed by atoms with E-state index >= 15 is 0 Å². The van der Waals surface area contributed by atoms with Gasteiger partial charge in [0.05, 0.1) is 6.10 Å². The van der Waals surface area contributed by atoms with Crippen LogP contribution >= 0.6 is 9.47 Å². The topological polar surface area (TPSA) is 9.23 Å². The fourth-order valence-corrected chi connectivity index (χ4v) is 9.99. The fraction of sp³-hybridized carbons (Fsp3) is 1.00. The van der Waals surface area contributed by atoms with Crippen molar-refractivity contribution in [3.8, 4) is 0 Å². The molecule has 0 N–H and O–H groups in total. The maximum atomic E-state index is 6.27. The van der Waals surface area contributed by atoms with E-state index in [0.717, 1.165) is 35.5 Å². The maximum Gasteiger partial charge on any atom is 0.0650 e. The molecule has 0 aromatic heterocycles. The van der Waals surface area contributed by atoms with Crippen molar-refractivity contribution < 1.29 is 4.52 Å². The van der Waals surface area contributed by atoms with Gasteiger partial charge < -0.3 is 4.52 Å². The first-order chi connectivity index (χ1) is 13.2. The van der Waals surface area contributed by atoms with Crippen LogP contribution in [0.15, 0.2) is 0 Å². The number of fused-ring (bicyclic) bond motifs is 5. The van der Waals surface area contributed by atoms with Gasteiger partial charge >= 0.3 is 0 Å². The molecule has 162 valence electrons. The lowest BCUT2D eigenvalue weighted by molar-refractivity contribution is -0.196. The Balaban J connectivity index is 1.67. The quantitative estimate of drug-likeness (QED) is 0.431. The lowest BCUT2D eigenvalue weighted by Gasteiger charge is -2.67. The molecular formula is C26H47OP. The van der Waals surface area contributed by atoms with Crippen LogP contribution in [0, 0.1) is 51.8 Å². The molecule has 28 heavy (non-hydrogen) atoms. The van der Waals surface area contributed by atoms with Crippen LogP contribution in [0.3, 0.4) is 0 Å². The van der Waals surface area contributed by atoms with Crippen molar-refractivity contribution in [2.45, 2.75) is 112 Å². The molecule has 2 heteroatoms. The van der Waals surface area contributed by atoms with Crippen molar-refractivity contribution in [2.75, 3.05) is 0 Å². The molecule has 0 amide bonds. The van der Waals surface area contributed by atoms with Crippen LogP contribution in [0.1, 0.15) is 106 Å². The van der Waals surface area contributed by atoms with Gasteiger partial charge in [-0.3, -0.25) is 0 Å². The summed E-state index contributed by atoms with van der Waals surface area (Å²) in [5, 5.41) is 0. The first kappa shape index (κ1) is 21.6. The van der Waals surface area contributed by atoms with E-state index in [9.17, 15) is 0 Å². The van der Waals surface area contributed by atoms with E-state index in [-0.39, 0.29) is 0 Å². The van der Waals surface area contributed by atoms with Gasteiger partial charge in [0.1, 0.15) is 0 Å². The molecule has 4 saturated carbocycles. The smallest absolute Gasteiger partial charge is 0.0650 e. The minimum Gasteiger partial charge on any atom is -0.362 e. The second-order valence-electron chi connectivity index (χ2n) is 12.5.